The fourth-order valence-electron chi connectivity index (χ4n) is 4.62. The maximum Gasteiger partial charge on any atom is 0.340 e. The number of nitrogens with one attached hydrogen (secondary N) is 3. The van der Waals surface area contributed by atoms with Crippen LogP contribution in [0.1, 0.15) is 102 Å². The molecule has 13 heteroatoms. The van der Waals surface area contributed by atoms with E-state index in [0.717, 1.165) is 58.1 Å². The molecule has 2 saturated heterocycles. The molecule has 0 aromatic carbocycles. The molecule has 3 N–H and O–H groups in total. The molecular weight excluding hydrogens is 626 g/mol. The van der Waals surface area contributed by atoms with Crippen molar-refractivity contribution in [2.45, 2.75) is 93.2 Å². The van der Waals surface area contributed by atoms with Crippen molar-refractivity contribution in [1.82, 2.24) is 30.8 Å². The topological polar surface area (TPSA) is 155 Å². The molecule has 3 amide bonds. The Hall–Kier alpha value is -4.10. The van der Waals surface area contributed by atoms with Crippen LogP contribution in [-0.4, -0.2) is 103 Å². The number of piperidine rings is 1. The highest BCUT2D eigenvalue weighted by atomic mass is 16.6. The molecule has 0 radical (unpaired) electrons. The minimum Gasteiger partial charge on any atom is -0.492 e. The van der Waals surface area contributed by atoms with Gasteiger partial charge in [0.2, 0.25) is 11.8 Å². The molecule has 274 valence electrons. The highest BCUT2D eigenvalue weighted by Gasteiger charge is 2.28. The van der Waals surface area contributed by atoms with Crippen LogP contribution in [0.5, 0.6) is 5.75 Å². The molecule has 0 spiro atoms. The molecule has 4 rings (SSSR count). The van der Waals surface area contributed by atoms with E-state index in [2.05, 4.69) is 49.6 Å². The summed E-state index contributed by atoms with van der Waals surface area (Å²) in [5.74, 6) is -0.287. The second kappa shape index (κ2) is 23.3. The molecule has 0 aliphatic carbocycles. The van der Waals surface area contributed by atoms with Crippen molar-refractivity contribution < 1.29 is 28.7 Å². The number of imide groups is 1. The van der Waals surface area contributed by atoms with Gasteiger partial charge in [0.25, 0.3) is 5.91 Å². The lowest BCUT2D eigenvalue weighted by atomic mass is 10.1. The summed E-state index contributed by atoms with van der Waals surface area (Å²) in [4.78, 5) is 60.8. The second-order valence-electron chi connectivity index (χ2n) is 11.8. The first-order valence-electron chi connectivity index (χ1n) is 17.6. The van der Waals surface area contributed by atoms with Gasteiger partial charge in [-0.3, -0.25) is 24.6 Å². The van der Waals surface area contributed by atoms with Gasteiger partial charge in [-0.15, -0.1) is 0 Å². The molecule has 2 aromatic rings. The van der Waals surface area contributed by atoms with E-state index >= 15 is 0 Å². The summed E-state index contributed by atoms with van der Waals surface area (Å²) in [5, 5.41) is 7.93. The van der Waals surface area contributed by atoms with E-state index in [0.29, 0.717) is 17.9 Å². The maximum absolute atomic E-state index is 12.4. The van der Waals surface area contributed by atoms with Gasteiger partial charge >= 0.3 is 5.97 Å². The molecule has 2 aliphatic heterocycles. The Morgan fingerprint density at radius 3 is 2.12 bits per heavy atom. The van der Waals surface area contributed by atoms with Crippen molar-refractivity contribution in [2.75, 3.05) is 57.3 Å². The van der Waals surface area contributed by atoms with E-state index in [1.54, 1.807) is 24.4 Å². The fourth-order valence-corrected chi connectivity index (χ4v) is 4.62. The molecule has 0 saturated carbocycles. The van der Waals surface area contributed by atoms with E-state index in [9.17, 15) is 19.2 Å². The number of hydrogen-bond acceptors (Lipinski definition) is 11. The Labute approximate surface area is 292 Å². The highest BCUT2D eigenvalue weighted by Crippen LogP contribution is 2.17. The molecule has 49 heavy (non-hydrogen) atoms. The smallest absolute Gasteiger partial charge is 0.340 e. The maximum atomic E-state index is 12.4. The Morgan fingerprint density at radius 2 is 1.61 bits per heavy atom. The summed E-state index contributed by atoms with van der Waals surface area (Å²) < 4.78 is 11.2. The predicted octanol–water partition coefficient (Wildman–Crippen LogP) is 4.23. The van der Waals surface area contributed by atoms with Crippen LogP contribution in [0.2, 0.25) is 0 Å². The van der Waals surface area contributed by atoms with Crippen molar-refractivity contribution in [3.63, 3.8) is 0 Å². The van der Waals surface area contributed by atoms with Crippen molar-refractivity contribution in [3.8, 4) is 5.75 Å². The standard InChI is InChI=1S/C28H36N6O6.C4H11N.2C2H6/c1-28(2,3)40-27(38)19-5-9-23(30-17-19)34-14-12-33(13-15-34)11-4-16-39-20-6-7-21(29-18-20)25(36)31-22-8-10-24(35)32-26(22)37;1-3-5-4-2;2*1-2/h5-7,9,17-18,22H,4,8,10-16H2,1-3H3,(H,31,36)(H,32,35,37);5H,3-4H2,1-2H3;2*1-2H3. The molecule has 4 heterocycles. The molecule has 2 aliphatic rings. The van der Waals surface area contributed by atoms with Crippen LogP contribution in [0, 0.1) is 0 Å². The summed E-state index contributed by atoms with van der Waals surface area (Å²) in [6.07, 6.45) is 4.35. The SMILES string of the molecule is CC.CC.CC(C)(C)OC(=O)c1ccc(N2CCN(CCCOc3ccc(C(=O)NC4CCC(=O)NC4=O)nc3)CC2)nc1.CCNCC. The first kappa shape index (κ1) is 42.9. The number of pyridine rings is 2. The summed E-state index contributed by atoms with van der Waals surface area (Å²) in [7, 11) is 0. The van der Waals surface area contributed by atoms with Gasteiger partial charge in [0.1, 0.15) is 28.9 Å². The highest BCUT2D eigenvalue weighted by molar-refractivity contribution is 6.03. The number of ether oxygens (including phenoxy) is 2. The van der Waals surface area contributed by atoms with Crippen LogP contribution < -0.4 is 25.6 Å². The van der Waals surface area contributed by atoms with Crippen LogP contribution in [0.4, 0.5) is 5.82 Å². The van der Waals surface area contributed by atoms with Crippen molar-refractivity contribution >= 4 is 29.5 Å². The van der Waals surface area contributed by atoms with Gasteiger partial charge in [0.05, 0.1) is 18.4 Å². The lowest BCUT2D eigenvalue weighted by Crippen LogP contribution is -2.52. The fraction of sp³-hybridized carbons (Fsp3) is 0.611. The van der Waals surface area contributed by atoms with Gasteiger partial charge in [-0.1, -0.05) is 41.5 Å². The van der Waals surface area contributed by atoms with Crippen molar-refractivity contribution in [1.29, 1.82) is 0 Å². The van der Waals surface area contributed by atoms with Crippen LogP contribution in [0.15, 0.2) is 36.7 Å². The third-order valence-electron chi connectivity index (χ3n) is 6.98. The van der Waals surface area contributed by atoms with Crippen LogP contribution >= 0.6 is 0 Å². The average Bonchev–Trinajstić information content (AvgIpc) is 3.10. The third kappa shape index (κ3) is 16.2. The van der Waals surface area contributed by atoms with Crippen LogP contribution in [-0.2, 0) is 14.3 Å². The van der Waals surface area contributed by atoms with E-state index < -0.39 is 23.5 Å². The van der Waals surface area contributed by atoms with Crippen molar-refractivity contribution in [2.24, 2.45) is 0 Å². The largest absolute Gasteiger partial charge is 0.492 e. The Morgan fingerprint density at radius 1 is 0.939 bits per heavy atom. The number of esters is 1. The lowest BCUT2D eigenvalue weighted by molar-refractivity contribution is -0.134. The molecule has 2 aromatic heterocycles. The quantitative estimate of drug-likeness (QED) is 0.177. The average molecular weight is 686 g/mol. The number of carbonyl (C=O) groups is 4. The Bertz CT molecular complexity index is 1260. The first-order chi connectivity index (χ1) is 23.5. The number of aromatic nitrogens is 2. The summed E-state index contributed by atoms with van der Waals surface area (Å²) >= 11 is 0. The van der Waals surface area contributed by atoms with E-state index in [-0.39, 0.29) is 30.4 Å². The zero-order chi connectivity index (χ0) is 36.8. The predicted molar refractivity (Wildman–Crippen MR) is 193 cm³/mol. The van der Waals surface area contributed by atoms with Gasteiger partial charge in [-0.2, -0.15) is 0 Å². The van der Waals surface area contributed by atoms with E-state index in [1.165, 1.54) is 6.20 Å². The summed E-state index contributed by atoms with van der Waals surface area (Å²) in [6.45, 7) is 24.8. The minimum absolute atomic E-state index is 0.170. The summed E-state index contributed by atoms with van der Waals surface area (Å²) in [6, 6.07) is 6.09. The molecule has 1 unspecified atom stereocenters. The van der Waals surface area contributed by atoms with Gasteiger partial charge in [-0.05, 0) is 71.0 Å². The molecule has 13 nitrogen and oxygen atoms in total. The number of carbonyl (C=O) groups excluding carboxylic acids is 4. The van der Waals surface area contributed by atoms with E-state index in [1.807, 2.05) is 54.5 Å². The zero-order valence-electron chi connectivity index (χ0n) is 31.1. The number of amides is 3. The molecule has 0 bridgehead atoms. The molecular formula is C36H59N7O6. The number of nitrogens with zero attached hydrogens (tertiary/aromatic N) is 4. The zero-order valence-corrected chi connectivity index (χ0v) is 31.1. The van der Waals surface area contributed by atoms with Crippen molar-refractivity contribution in [3.05, 3.63) is 47.9 Å². The Kier molecular flexibility index (Phi) is 20.4. The monoisotopic (exact) mass is 685 g/mol. The van der Waals surface area contributed by atoms with Crippen LogP contribution in [0.3, 0.4) is 0 Å². The van der Waals surface area contributed by atoms with E-state index in [4.69, 9.17) is 9.47 Å². The number of rotatable bonds is 11. The third-order valence-corrected chi connectivity index (χ3v) is 6.98. The first-order valence-corrected chi connectivity index (χ1v) is 17.6. The number of piperazine rings is 1. The Balaban J connectivity index is 0.00000120. The minimum atomic E-state index is -0.745. The normalized spacial score (nSPS) is 15.9. The van der Waals surface area contributed by atoms with Gasteiger partial charge < -0.3 is 25.0 Å². The van der Waals surface area contributed by atoms with Crippen LogP contribution in [0.25, 0.3) is 0 Å². The summed E-state index contributed by atoms with van der Waals surface area (Å²) in [5.41, 5.74) is 0.0685. The number of hydrogen-bond donors (Lipinski definition) is 3. The second-order valence-corrected chi connectivity index (χ2v) is 11.8. The number of anilines is 1. The van der Waals surface area contributed by atoms with Gasteiger partial charge in [0, 0.05) is 45.3 Å². The lowest BCUT2D eigenvalue weighted by Gasteiger charge is -2.35. The van der Waals surface area contributed by atoms with Gasteiger partial charge in [-0.25, -0.2) is 14.8 Å². The molecule has 1 atom stereocenters. The van der Waals surface area contributed by atoms with Gasteiger partial charge in [0.15, 0.2) is 0 Å². The molecule has 2 fully saturated rings.